The first-order chi connectivity index (χ1) is 17.2. The molecule has 220 valence electrons. The van der Waals surface area contributed by atoms with Crippen LogP contribution in [0, 0.1) is 10.8 Å². The van der Waals surface area contributed by atoms with Crippen LogP contribution in [0.15, 0.2) is 0 Å². The van der Waals surface area contributed by atoms with E-state index in [9.17, 15) is 36.7 Å². The summed E-state index contributed by atoms with van der Waals surface area (Å²) in [5.74, 6) is -13.0. The third-order valence-electron chi connectivity index (χ3n) is 6.92. The fourth-order valence-electron chi connectivity index (χ4n) is 4.27. The van der Waals surface area contributed by atoms with Crippen molar-refractivity contribution < 1.29 is 55.7 Å². The molecule has 0 N–H and O–H groups in total. The van der Waals surface area contributed by atoms with E-state index in [0.29, 0.717) is 6.42 Å². The minimum absolute atomic E-state index is 0.0275. The van der Waals surface area contributed by atoms with Crippen LogP contribution in [0.4, 0.5) is 17.6 Å². The second-order valence-corrected chi connectivity index (χ2v) is 11.1. The lowest BCUT2D eigenvalue weighted by atomic mass is 9.72. The third-order valence-corrected chi connectivity index (χ3v) is 6.92. The molecule has 12 heteroatoms. The van der Waals surface area contributed by atoms with E-state index >= 15 is 0 Å². The van der Waals surface area contributed by atoms with E-state index in [4.69, 9.17) is 9.47 Å². The maximum Gasteiger partial charge on any atom is 0.376 e. The zero-order chi connectivity index (χ0) is 29.6. The molecule has 0 amide bonds. The fourth-order valence-corrected chi connectivity index (χ4v) is 4.27. The maximum atomic E-state index is 13.2. The Labute approximate surface area is 221 Å². The van der Waals surface area contributed by atoms with Crippen molar-refractivity contribution >= 4 is 23.9 Å². The van der Waals surface area contributed by atoms with E-state index in [1.807, 2.05) is 6.92 Å². The lowest BCUT2D eigenvalue weighted by Crippen LogP contribution is -2.44. The average Bonchev–Trinajstić information content (AvgIpc) is 3.27. The molecule has 1 aliphatic carbocycles. The summed E-state index contributed by atoms with van der Waals surface area (Å²) in [7, 11) is 0. The van der Waals surface area contributed by atoms with Gasteiger partial charge in [0.15, 0.2) is 6.10 Å². The summed E-state index contributed by atoms with van der Waals surface area (Å²) in [4.78, 5) is 49.3. The fraction of sp³-hybridized carbons (Fsp3) is 0.846. The number of ether oxygens (including phenoxy) is 4. The predicted octanol–water partition coefficient (Wildman–Crippen LogP) is 5.39. The van der Waals surface area contributed by atoms with Gasteiger partial charge in [-0.1, -0.05) is 13.8 Å². The summed E-state index contributed by atoms with van der Waals surface area (Å²) in [5.41, 5.74) is -2.98. The highest BCUT2D eigenvalue weighted by Crippen LogP contribution is 2.42. The number of halogens is 4. The molecule has 1 atom stereocenters. The van der Waals surface area contributed by atoms with Crippen molar-refractivity contribution in [2.24, 2.45) is 10.8 Å². The molecule has 0 aromatic heterocycles. The Morgan fingerprint density at radius 1 is 0.763 bits per heavy atom. The van der Waals surface area contributed by atoms with Crippen LogP contribution < -0.4 is 0 Å². The summed E-state index contributed by atoms with van der Waals surface area (Å²) >= 11 is 0. The first kappa shape index (κ1) is 33.6. The summed E-state index contributed by atoms with van der Waals surface area (Å²) < 4.78 is 72.9. The summed E-state index contributed by atoms with van der Waals surface area (Å²) in [5, 5.41) is 0. The number of alkyl halides is 4. The van der Waals surface area contributed by atoms with Crippen LogP contribution in [0.1, 0.15) is 93.4 Å². The van der Waals surface area contributed by atoms with Crippen molar-refractivity contribution in [2.75, 3.05) is 13.2 Å². The average molecular weight is 557 g/mol. The Bertz CT molecular complexity index is 826. The number of rotatable bonds is 14. The molecular weight excluding hydrogens is 516 g/mol. The molecule has 1 saturated carbocycles. The number of carbonyl (C=O) groups is 4. The lowest BCUT2D eigenvalue weighted by Gasteiger charge is -2.37. The largest absolute Gasteiger partial charge is 0.459 e. The molecule has 0 heterocycles. The van der Waals surface area contributed by atoms with Gasteiger partial charge in [-0.2, -0.15) is 17.6 Å². The van der Waals surface area contributed by atoms with Crippen molar-refractivity contribution in [3.05, 3.63) is 0 Å². The van der Waals surface area contributed by atoms with E-state index < -0.39 is 71.5 Å². The van der Waals surface area contributed by atoms with E-state index in [2.05, 4.69) is 9.47 Å². The Balaban J connectivity index is 3.02. The van der Waals surface area contributed by atoms with Crippen LogP contribution in [0.5, 0.6) is 0 Å². The topological polar surface area (TPSA) is 105 Å². The van der Waals surface area contributed by atoms with Crippen molar-refractivity contribution in [1.29, 1.82) is 0 Å². The molecule has 1 unspecified atom stereocenters. The van der Waals surface area contributed by atoms with Gasteiger partial charge in [-0.3, -0.25) is 9.59 Å². The minimum atomic E-state index is -3.86. The van der Waals surface area contributed by atoms with Crippen LogP contribution >= 0.6 is 0 Å². The second-order valence-electron chi connectivity index (χ2n) is 11.1. The minimum Gasteiger partial charge on any atom is -0.459 e. The SMILES string of the molecule is CCC1(OC(=O)C(C)(C)CC(C)(CC)C(=O)OC(COC(=O)C(C)(F)F)COC(=O)C(C)(F)F)CCCC1. The first-order valence-electron chi connectivity index (χ1n) is 12.8. The second kappa shape index (κ2) is 12.6. The van der Waals surface area contributed by atoms with Gasteiger partial charge in [0.05, 0.1) is 10.8 Å². The molecule has 1 aliphatic rings. The Morgan fingerprint density at radius 2 is 1.21 bits per heavy atom. The maximum absolute atomic E-state index is 13.2. The van der Waals surface area contributed by atoms with Gasteiger partial charge in [-0.05, 0) is 65.7 Å². The summed E-state index contributed by atoms with van der Waals surface area (Å²) in [6, 6.07) is 0. The van der Waals surface area contributed by atoms with Crippen LogP contribution in [-0.2, 0) is 38.1 Å². The smallest absolute Gasteiger partial charge is 0.376 e. The van der Waals surface area contributed by atoms with Crippen LogP contribution in [0.25, 0.3) is 0 Å². The molecule has 0 radical (unpaired) electrons. The van der Waals surface area contributed by atoms with Gasteiger partial charge in [0.1, 0.15) is 18.8 Å². The molecule has 38 heavy (non-hydrogen) atoms. The third kappa shape index (κ3) is 9.41. The van der Waals surface area contributed by atoms with E-state index in [1.165, 1.54) is 6.92 Å². The van der Waals surface area contributed by atoms with Gasteiger partial charge in [0.2, 0.25) is 0 Å². The van der Waals surface area contributed by atoms with Gasteiger partial charge in [0, 0.05) is 13.8 Å². The molecule has 0 bridgehead atoms. The van der Waals surface area contributed by atoms with E-state index in [0.717, 1.165) is 25.7 Å². The Hall–Kier alpha value is -2.40. The number of hydrogen-bond donors (Lipinski definition) is 0. The molecule has 1 rings (SSSR count). The molecule has 1 fully saturated rings. The van der Waals surface area contributed by atoms with Crippen molar-refractivity contribution in [3.8, 4) is 0 Å². The van der Waals surface area contributed by atoms with Crippen LogP contribution in [-0.4, -0.2) is 60.6 Å². The molecular formula is C26H40F4O8. The van der Waals surface area contributed by atoms with Crippen molar-refractivity contribution in [2.45, 2.75) is 117 Å². The van der Waals surface area contributed by atoms with Gasteiger partial charge >= 0.3 is 35.7 Å². The molecule has 8 nitrogen and oxygen atoms in total. The molecule has 0 aromatic carbocycles. The number of carbonyl (C=O) groups excluding carboxylic acids is 4. The summed E-state index contributed by atoms with van der Waals surface area (Å²) in [6.07, 6.45) is 2.57. The highest BCUT2D eigenvalue weighted by molar-refractivity contribution is 5.81. The van der Waals surface area contributed by atoms with Crippen molar-refractivity contribution in [3.63, 3.8) is 0 Å². The van der Waals surface area contributed by atoms with Gasteiger partial charge < -0.3 is 18.9 Å². The first-order valence-corrected chi connectivity index (χ1v) is 12.8. The highest BCUT2D eigenvalue weighted by Gasteiger charge is 2.47. The Kier molecular flexibility index (Phi) is 11.2. The van der Waals surface area contributed by atoms with E-state index in [-0.39, 0.29) is 26.7 Å². The van der Waals surface area contributed by atoms with Gasteiger partial charge in [0.25, 0.3) is 0 Å². The zero-order valence-corrected chi connectivity index (χ0v) is 23.2. The van der Waals surface area contributed by atoms with Crippen molar-refractivity contribution in [1.82, 2.24) is 0 Å². The zero-order valence-electron chi connectivity index (χ0n) is 23.2. The normalized spacial score (nSPS) is 17.5. The van der Waals surface area contributed by atoms with E-state index in [1.54, 1.807) is 20.8 Å². The lowest BCUT2D eigenvalue weighted by molar-refractivity contribution is -0.189. The number of esters is 4. The van der Waals surface area contributed by atoms with Gasteiger partial charge in [-0.15, -0.1) is 0 Å². The molecule has 0 aromatic rings. The summed E-state index contributed by atoms with van der Waals surface area (Å²) in [6.45, 7) is 7.02. The highest BCUT2D eigenvalue weighted by atomic mass is 19.3. The van der Waals surface area contributed by atoms with Gasteiger partial charge in [-0.25, -0.2) is 9.59 Å². The molecule has 0 spiro atoms. The molecule has 0 aliphatic heterocycles. The quantitative estimate of drug-likeness (QED) is 0.159. The number of hydrogen-bond acceptors (Lipinski definition) is 8. The monoisotopic (exact) mass is 556 g/mol. The predicted molar refractivity (Wildman–Crippen MR) is 127 cm³/mol. The van der Waals surface area contributed by atoms with Crippen LogP contribution in [0.2, 0.25) is 0 Å². The standard InChI is InChI=1S/C26H40F4O8/c1-8-23(5,16-22(3,4)18(31)38-26(9-2)12-10-11-13-26)19(32)37-17(14-35-20(33)24(6,27)28)15-36-21(34)25(7,29)30/h17H,8-16H2,1-7H3. The molecule has 0 saturated heterocycles. The Morgan fingerprint density at radius 3 is 1.58 bits per heavy atom. The van der Waals surface area contributed by atoms with Crippen LogP contribution in [0.3, 0.4) is 0 Å².